The van der Waals surface area contributed by atoms with Crippen LogP contribution >= 0.6 is 35.7 Å². The Morgan fingerprint density at radius 1 is 1.55 bits per heavy atom. The van der Waals surface area contributed by atoms with Gasteiger partial charge in [0.1, 0.15) is 4.32 Å². The number of thiocarbonyl (C=S) groups is 1. The minimum atomic E-state index is 0.877. The lowest BCUT2D eigenvalue weighted by atomic mass is 10.4. The molecular weight excluding hydrogens is 194 g/mol. The Labute approximate surface area is 82.4 Å². The Morgan fingerprint density at radius 3 is 2.82 bits per heavy atom. The highest BCUT2D eigenvalue weighted by Crippen LogP contribution is 1.96. The number of thioether (sulfide) groups is 2. The average molecular weight is 207 g/mol. The largest absolute Gasteiger partial charge is 0.371 e. The fourth-order valence-electron chi connectivity index (χ4n) is 0.494. The second-order valence-corrected chi connectivity index (χ2v) is 4.04. The van der Waals surface area contributed by atoms with Crippen molar-refractivity contribution in [2.24, 2.45) is 0 Å². The SMILES string of the molecule is CSC=CCCNC(=S)SC. The van der Waals surface area contributed by atoms with Crippen molar-refractivity contribution in [3.05, 3.63) is 11.5 Å². The first-order chi connectivity index (χ1) is 5.31. The van der Waals surface area contributed by atoms with Gasteiger partial charge in [-0.2, -0.15) is 0 Å². The van der Waals surface area contributed by atoms with E-state index in [1.807, 2.05) is 6.26 Å². The van der Waals surface area contributed by atoms with E-state index in [-0.39, 0.29) is 0 Å². The van der Waals surface area contributed by atoms with Crippen molar-refractivity contribution in [3.63, 3.8) is 0 Å². The highest BCUT2D eigenvalue weighted by Gasteiger charge is 1.87. The van der Waals surface area contributed by atoms with Gasteiger partial charge in [-0.05, 0) is 24.3 Å². The predicted molar refractivity (Wildman–Crippen MR) is 61.4 cm³/mol. The molecule has 0 radical (unpaired) electrons. The van der Waals surface area contributed by atoms with Gasteiger partial charge in [-0.1, -0.05) is 18.3 Å². The summed E-state index contributed by atoms with van der Waals surface area (Å²) in [5.74, 6) is 0. The summed E-state index contributed by atoms with van der Waals surface area (Å²) in [5.41, 5.74) is 0. The molecule has 11 heavy (non-hydrogen) atoms. The van der Waals surface area contributed by atoms with Crippen LogP contribution in [0.5, 0.6) is 0 Å². The molecule has 0 aliphatic heterocycles. The lowest BCUT2D eigenvalue weighted by Gasteiger charge is -2.01. The molecule has 0 saturated heterocycles. The van der Waals surface area contributed by atoms with Crippen molar-refractivity contribution in [3.8, 4) is 0 Å². The molecule has 4 heteroatoms. The van der Waals surface area contributed by atoms with Gasteiger partial charge in [0.05, 0.1) is 0 Å². The Bertz CT molecular complexity index is 134. The second kappa shape index (κ2) is 8.43. The summed E-state index contributed by atoms with van der Waals surface area (Å²) in [4.78, 5) is 0. The lowest BCUT2D eigenvalue weighted by Crippen LogP contribution is -2.18. The maximum Gasteiger partial charge on any atom is 0.133 e. The van der Waals surface area contributed by atoms with E-state index in [4.69, 9.17) is 12.2 Å². The van der Waals surface area contributed by atoms with Crippen LogP contribution in [0.25, 0.3) is 0 Å². The summed E-state index contributed by atoms with van der Waals surface area (Å²) in [7, 11) is 0. The molecule has 64 valence electrons. The Balaban J connectivity index is 3.14. The van der Waals surface area contributed by atoms with E-state index in [1.165, 1.54) is 0 Å². The zero-order chi connectivity index (χ0) is 8.53. The van der Waals surface area contributed by atoms with Crippen molar-refractivity contribution < 1.29 is 0 Å². The maximum absolute atomic E-state index is 4.96. The normalized spacial score (nSPS) is 10.4. The molecule has 0 heterocycles. The van der Waals surface area contributed by atoms with Crippen LogP contribution in [0.4, 0.5) is 0 Å². The van der Waals surface area contributed by atoms with Gasteiger partial charge in [-0.15, -0.1) is 23.5 Å². The van der Waals surface area contributed by atoms with E-state index in [0.29, 0.717) is 0 Å². The van der Waals surface area contributed by atoms with Crippen LogP contribution in [-0.4, -0.2) is 23.4 Å². The number of rotatable bonds is 4. The van der Waals surface area contributed by atoms with Crippen LogP contribution in [0.1, 0.15) is 6.42 Å². The summed E-state index contributed by atoms with van der Waals surface area (Å²) in [6.07, 6.45) is 7.21. The third-order valence-corrected chi connectivity index (χ3v) is 2.62. The van der Waals surface area contributed by atoms with Crippen molar-refractivity contribution >= 4 is 40.1 Å². The van der Waals surface area contributed by atoms with Gasteiger partial charge in [-0.3, -0.25) is 0 Å². The third-order valence-electron chi connectivity index (χ3n) is 0.998. The molecule has 1 N–H and O–H groups in total. The first-order valence-corrected chi connectivity index (χ1v) is 6.23. The number of hydrogen-bond acceptors (Lipinski definition) is 3. The van der Waals surface area contributed by atoms with Gasteiger partial charge in [0.15, 0.2) is 0 Å². The summed E-state index contributed by atoms with van der Waals surface area (Å²) < 4.78 is 0.877. The molecule has 1 nitrogen and oxygen atoms in total. The summed E-state index contributed by atoms with van der Waals surface area (Å²) >= 11 is 8.26. The van der Waals surface area contributed by atoms with Crippen LogP contribution < -0.4 is 5.32 Å². The molecule has 0 rings (SSSR count). The topological polar surface area (TPSA) is 12.0 Å². The van der Waals surface area contributed by atoms with Crippen LogP contribution in [0.15, 0.2) is 11.5 Å². The van der Waals surface area contributed by atoms with Crippen LogP contribution in [0, 0.1) is 0 Å². The molecule has 0 unspecified atom stereocenters. The number of hydrogen-bond donors (Lipinski definition) is 1. The zero-order valence-corrected chi connectivity index (χ0v) is 9.24. The van der Waals surface area contributed by atoms with E-state index in [0.717, 1.165) is 17.3 Å². The maximum atomic E-state index is 4.96. The molecule has 0 amide bonds. The summed E-state index contributed by atoms with van der Waals surface area (Å²) in [6, 6.07) is 0. The summed E-state index contributed by atoms with van der Waals surface area (Å²) in [6.45, 7) is 0.941. The molecule has 0 aliphatic carbocycles. The monoisotopic (exact) mass is 207 g/mol. The standard InChI is InChI=1S/C7H13NS3/c1-10-6-4-3-5-8-7(9)11-2/h4,6H,3,5H2,1-2H3,(H,8,9). The van der Waals surface area contributed by atoms with Gasteiger partial charge >= 0.3 is 0 Å². The smallest absolute Gasteiger partial charge is 0.133 e. The minimum Gasteiger partial charge on any atom is -0.371 e. The fraction of sp³-hybridized carbons (Fsp3) is 0.571. The van der Waals surface area contributed by atoms with Crippen molar-refractivity contribution in [1.82, 2.24) is 5.32 Å². The van der Waals surface area contributed by atoms with E-state index >= 15 is 0 Å². The van der Waals surface area contributed by atoms with Crippen molar-refractivity contribution in [2.45, 2.75) is 6.42 Å². The summed E-state index contributed by atoms with van der Waals surface area (Å²) in [5, 5.41) is 5.21. The number of nitrogens with one attached hydrogen (secondary N) is 1. The molecule has 0 aliphatic rings. The molecule has 0 aromatic rings. The third kappa shape index (κ3) is 8.23. The van der Waals surface area contributed by atoms with Gasteiger partial charge < -0.3 is 5.32 Å². The second-order valence-electron chi connectivity index (χ2n) is 1.81. The molecule has 0 atom stereocenters. The molecule has 0 fully saturated rings. The van der Waals surface area contributed by atoms with Crippen LogP contribution in [0.3, 0.4) is 0 Å². The quantitative estimate of drug-likeness (QED) is 0.561. The predicted octanol–water partition coefficient (Wildman–Crippen LogP) is 2.49. The molecule has 0 aromatic heterocycles. The van der Waals surface area contributed by atoms with E-state index in [1.54, 1.807) is 23.5 Å². The molecule has 0 saturated carbocycles. The van der Waals surface area contributed by atoms with Crippen LogP contribution in [-0.2, 0) is 0 Å². The lowest BCUT2D eigenvalue weighted by molar-refractivity contribution is 0.910. The van der Waals surface area contributed by atoms with Gasteiger partial charge in [0.25, 0.3) is 0 Å². The van der Waals surface area contributed by atoms with Gasteiger partial charge in [0.2, 0.25) is 0 Å². The minimum absolute atomic E-state index is 0.877. The Hall–Kier alpha value is 0.330. The highest BCUT2D eigenvalue weighted by atomic mass is 32.2. The zero-order valence-electron chi connectivity index (χ0n) is 6.79. The molecule has 0 spiro atoms. The Kier molecular flexibility index (Phi) is 8.68. The molecule has 0 bridgehead atoms. The van der Waals surface area contributed by atoms with E-state index in [2.05, 4.69) is 23.1 Å². The highest BCUT2D eigenvalue weighted by molar-refractivity contribution is 8.22. The van der Waals surface area contributed by atoms with E-state index < -0.39 is 0 Å². The Morgan fingerprint density at radius 2 is 2.27 bits per heavy atom. The van der Waals surface area contributed by atoms with Gasteiger partial charge in [-0.25, -0.2) is 0 Å². The van der Waals surface area contributed by atoms with Crippen LogP contribution in [0.2, 0.25) is 0 Å². The van der Waals surface area contributed by atoms with Gasteiger partial charge in [0, 0.05) is 6.54 Å². The van der Waals surface area contributed by atoms with E-state index in [9.17, 15) is 0 Å². The average Bonchev–Trinajstić information content (AvgIpc) is 2.04. The first kappa shape index (κ1) is 11.3. The van der Waals surface area contributed by atoms with Crippen molar-refractivity contribution in [2.75, 3.05) is 19.1 Å². The first-order valence-electron chi connectivity index (χ1n) is 3.31. The molecule has 0 aromatic carbocycles. The fourth-order valence-corrected chi connectivity index (χ4v) is 1.17. The van der Waals surface area contributed by atoms with Crippen molar-refractivity contribution in [1.29, 1.82) is 0 Å². The molecular formula is C7H13NS3.